The Kier molecular flexibility index (Phi) is 12.5. The summed E-state index contributed by atoms with van der Waals surface area (Å²) in [5.74, 6) is -1.11. The molecule has 190 valence electrons. The van der Waals surface area contributed by atoms with E-state index in [4.69, 9.17) is 28.9 Å². The maximum Gasteiger partial charge on any atom is 1.00 e. The van der Waals surface area contributed by atoms with Crippen LogP contribution >= 0.6 is 23.2 Å². The van der Waals surface area contributed by atoms with Gasteiger partial charge in [0.15, 0.2) is 11.6 Å². The van der Waals surface area contributed by atoms with Crippen molar-refractivity contribution in [3.63, 3.8) is 0 Å². The number of nitrogens with two attached hydrogens (primary N) is 1. The molecule has 35 heavy (non-hydrogen) atoms. The lowest BCUT2D eigenvalue weighted by Crippen LogP contribution is -3.00. The van der Waals surface area contributed by atoms with Crippen LogP contribution in [0.4, 0.5) is 0 Å². The van der Waals surface area contributed by atoms with Gasteiger partial charge >= 0.3 is 1.43 Å². The van der Waals surface area contributed by atoms with Crippen LogP contribution in [0.3, 0.4) is 0 Å². The number of carbonyl (C=O) groups is 3. The highest BCUT2D eigenvalue weighted by Crippen LogP contribution is 2.26. The van der Waals surface area contributed by atoms with E-state index >= 15 is 0 Å². The molecular weight excluding hydrogens is 523 g/mol. The van der Waals surface area contributed by atoms with Crippen LogP contribution < -0.4 is 23.5 Å². The summed E-state index contributed by atoms with van der Waals surface area (Å²) in [6.07, 6.45) is 0. The van der Waals surface area contributed by atoms with E-state index in [1.165, 1.54) is 15.6 Å². The van der Waals surface area contributed by atoms with Gasteiger partial charge in [0.05, 0.1) is 23.8 Å². The molecule has 0 unspecified atom stereocenters. The Morgan fingerprint density at radius 2 is 1.74 bits per heavy atom. The molecule has 0 aliphatic heterocycles. The molecule has 3 aromatic rings. The van der Waals surface area contributed by atoms with Crippen LogP contribution in [0.5, 0.6) is 0 Å². The minimum Gasteiger partial charge on any atom is -1.00 e. The molecule has 1 heterocycles. The lowest BCUT2D eigenvalue weighted by atomic mass is 10.0. The summed E-state index contributed by atoms with van der Waals surface area (Å²) in [6, 6.07) is 11.3. The number of nitrogens with zero attached hydrogens (tertiary/aromatic N) is 4. The van der Waals surface area contributed by atoms with Crippen LogP contribution in [0, 0.1) is 0 Å². The van der Waals surface area contributed by atoms with E-state index in [0.29, 0.717) is 10.7 Å². The van der Waals surface area contributed by atoms with Gasteiger partial charge in [-0.2, -0.15) is 0 Å². The van der Waals surface area contributed by atoms with Gasteiger partial charge in [0.2, 0.25) is 11.7 Å². The van der Waals surface area contributed by atoms with Crippen LogP contribution in [0.1, 0.15) is 33.8 Å². The maximum atomic E-state index is 13.3. The van der Waals surface area contributed by atoms with Gasteiger partial charge in [0, 0.05) is 30.2 Å². The van der Waals surface area contributed by atoms with Crippen molar-refractivity contribution in [2.75, 3.05) is 20.6 Å². The molecule has 0 saturated carbocycles. The predicted molar refractivity (Wildman–Crippen MR) is 129 cm³/mol. The van der Waals surface area contributed by atoms with E-state index in [0.717, 1.165) is 0 Å². The number of hydrogen-bond donors (Lipinski definition) is 2. The number of rotatable bonds is 7. The van der Waals surface area contributed by atoms with Gasteiger partial charge in [-0.15, -0.1) is 5.10 Å². The molecule has 2 amide bonds. The Morgan fingerprint density at radius 1 is 1.09 bits per heavy atom. The zero-order valence-electron chi connectivity index (χ0n) is 19.7. The number of ketones is 1. The first-order valence-corrected chi connectivity index (χ1v) is 10.2. The Balaban J connectivity index is 0. The smallest absolute Gasteiger partial charge is 1.00 e. The number of benzene rings is 2. The molecule has 3 rings (SSSR count). The lowest BCUT2D eigenvalue weighted by Gasteiger charge is -2.13. The third kappa shape index (κ3) is 7.21. The van der Waals surface area contributed by atoms with Gasteiger partial charge < -0.3 is 39.3 Å². The molecule has 0 aliphatic rings. The number of nitrogens with one attached hydrogen (secondary N) is 1. The molecule has 0 aliphatic carbocycles. The molecule has 0 radical (unpaired) electrons. The molecule has 7 N–H and O–H groups in total. The van der Waals surface area contributed by atoms with Gasteiger partial charge in [-0.05, 0) is 30.3 Å². The average Bonchev–Trinajstić information content (AvgIpc) is 3.20. The second-order valence-corrected chi connectivity index (χ2v) is 7.76. The number of carbonyl (C=O) groups excluding carboxylic acids is 3. The minimum atomic E-state index is -0.442. The number of amides is 2. The molecule has 11 nitrogen and oxygen atoms in total. The van der Waals surface area contributed by atoms with Crippen LogP contribution in [-0.2, 0) is 11.3 Å². The van der Waals surface area contributed by atoms with Crippen molar-refractivity contribution in [3.05, 3.63) is 75.3 Å². The topological polar surface area (TPSA) is 186 Å². The fourth-order valence-corrected chi connectivity index (χ4v) is 3.25. The zero-order chi connectivity index (χ0) is 23.4. The first-order valence-electron chi connectivity index (χ1n) is 9.46. The van der Waals surface area contributed by atoms with Crippen molar-refractivity contribution < 1.29 is 39.2 Å². The summed E-state index contributed by atoms with van der Waals surface area (Å²) < 4.78 is 1.33. The molecular formula is C21H25Cl3N6O5. The van der Waals surface area contributed by atoms with Crippen molar-refractivity contribution in [3.8, 4) is 5.69 Å². The summed E-state index contributed by atoms with van der Waals surface area (Å²) in [4.78, 5) is 43.0. The van der Waals surface area contributed by atoms with Crippen LogP contribution in [0.25, 0.3) is 5.69 Å². The number of aromatic nitrogens is 3. The molecule has 1 aromatic heterocycles. The quantitative estimate of drug-likeness (QED) is 0.309. The van der Waals surface area contributed by atoms with Crippen LogP contribution in [0.2, 0.25) is 10.0 Å². The van der Waals surface area contributed by atoms with Crippen molar-refractivity contribution in [2.24, 2.45) is 5.73 Å². The first-order chi connectivity index (χ1) is 15.2. The fraction of sp³-hybridized carbons (Fsp3) is 0.190. The predicted octanol–water partition coefficient (Wildman–Crippen LogP) is -2.45. The van der Waals surface area contributed by atoms with E-state index in [-0.39, 0.29) is 71.5 Å². The molecule has 0 spiro atoms. The SMILES string of the molecule is CN(C)C(=O)c1nc(CNC(=O)CN)n(-c2ccc(Cl)cc2C(=O)c2ccccc2Cl)n1.O.O.[Cl-].[H+]. The third-order valence-corrected chi connectivity index (χ3v) is 5.02. The van der Waals surface area contributed by atoms with E-state index < -0.39 is 11.8 Å². The van der Waals surface area contributed by atoms with Gasteiger partial charge in [-0.3, -0.25) is 14.4 Å². The first kappa shape index (κ1) is 31.9. The van der Waals surface area contributed by atoms with Crippen molar-refractivity contribution in [1.29, 1.82) is 0 Å². The monoisotopic (exact) mass is 546 g/mol. The van der Waals surface area contributed by atoms with E-state index in [2.05, 4.69) is 15.4 Å². The van der Waals surface area contributed by atoms with E-state index in [9.17, 15) is 14.4 Å². The largest absolute Gasteiger partial charge is 1.00 e. The third-order valence-electron chi connectivity index (χ3n) is 4.45. The Morgan fingerprint density at radius 3 is 2.34 bits per heavy atom. The fourth-order valence-electron chi connectivity index (χ4n) is 2.86. The van der Waals surface area contributed by atoms with Crippen LogP contribution in [-0.4, -0.2) is 68.9 Å². The second-order valence-electron chi connectivity index (χ2n) is 6.91. The zero-order valence-corrected chi connectivity index (χ0v) is 20.9. The van der Waals surface area contributed by atoms with Crippen LogP contribution in [0.15, 0.2) is 42.5 Å². The Hall–Kier alpha value is -3.06. The molecule has 0 atom stereocenters. The van der Waals surface area contributed by atoms with Gasteiger partial charge in [-0.1, -0.05) is 35.3 Å². The Bertz CT molecular complexity index is 1210. The minimum absolute atomic E-state index is 0. The summed E-state index contributed by atoms with van der Waals surface area (Å²) in [5.41, 5.74) is 6.15. The number of halogens is 3. The molecule has 2 aromatic carbocycles. The lowest BCUT2D eigenvalue weighted by molar-refractivity contribution is -0.119. The summed E-state index contributed by atoms with van der Waals surface area (Å²) in [7, 11) is 3.13. The summed E-state index contributed by atoms with van der Waals surface area (Å²) >= 11 is 12.4. The maximum absolute atomic E-state index is 13.3. The van der Waals surface area contributed by atoms with E-state index in [1.807, 2.05) is 0 Å². The number of hydrogen-bond acceptors (Lipinski definition) is 6. The molecule has 0 fully saturated rings. The summed E-state index contributed by atoms with van der Waals surface area (Å²) in [5, 5.41) is 7.50. The highest BCUT2D eigenvalue weighted by molar-refractivity contribution is 6.35. The van der Waals surface area contributed by atoms with Gasteiger partial charge in [0.25, 0.3) is 5.91 Å². The van der Waals surface area contributed by atoms with Gasteiger partial charge in [0.1, 0.15) is 0 Å². The highest BCUT2D eigenvalue weighted by Gasteiger charge is 2.24. The normalized spacial score (nSPS) is 9.74. The molecule has 0 bridgehead atoms. The van der Waals surface area contributed by atoms with Crippen molar-refractivity contribution >= 4 is 40.8 Å². The van der Waals surface area contributed by atoms with Gasteiger partial charge in [-0.25, -0.2) is 9.67 Å². The van der Waals surface area contributed by atoms with Crippen molar-refractivity contribution in [1.82, 2.24) is 25.0 Å². The molecule has 14 heteroatoms. The standard InChI is InChI=1S/C21H20Cl2N6O3.ClH.2H2O/c1-28(2)21(32)20-26-17(11-25-18(30)10-24)29(27-20)16-8-7-12(22)9-14(16)19(31)13-5-3-4-6-15(13)23;;;/h3-9H,10-11,24H2,1-2H3,(H,25,30);1H;2*1H2. The second kappa shape index (κ2) is 13.7. The summed E-state index contributed by atoms with van der Waals surface area (Å²) in [6.45, 7) is -0.277. The van der Waals surface area contributed by atoms with E-state index in [1.54, 1.807) is 50.5 Å². The highest BCUT2D eigenvalue weighted by atomic mass is 35.5. The van der Waals surface area contributed by atoms with Crippen molar-refractivity contribution in [2.45, 2.75) is 6.54 Å². The molecule has 0 saturated heterocycles. The average molecular weight is 548 g/mol. The Labute approximate surface area is 218 Å².